The van der Waals surface area contributed by atoms with Crippen molar-refractivity contribution in [3.8, 4) is 11.1 Å². The van der Waals surface area contributed by atoms with E-state index in [0.29, 0.717) is 24.2 Å². The van der Waals surface area contributed by atoms with E-state index in [1.165, 1.54) is 0 Å². The second kappa shape index (κ2) is 9.09. The first kappa shape index (κ1) is 20.2. The number of aromatic amines is 1. The molecule has 0 aliphatic carbocycles. The molecule has 2 unspecified atom stereocenters. The van der Waals surface area contributed by atoms with E-state index >= 15 is 0 Å². The van der Waals surface area contributed by atoms with Crippen LogP contribution in [-0.4, -0.2) is 37.6 Å². The van der Waals surface area contributed by atoms with Crippen LogP contribution in [-0.2, 0) is 11.2 Å². The first-order chi connectivity index (χ1) is 14.0. The van der Waals surface area contributed by atoms with Gasteiger partial charge in [0.25, 0.3) is 0 Å². The number of carboxylic acid groups (broad SMARTS) is 1. The number of nitrogens with zero attached hydrogens (tertiary/aromatic N) is 3. The number of primary amides is 1. The van der Waals surface area contributed by atoms with Crippen LogP contribution in [0.1, 0.15) is 47.4 Å². The molecule has 0 radical (unpaired) electrons. The molecule has 0 saturated heterocycles. The molecule has 0 bridgehead atoms. The number of amides is 1. The van der Waals surface area contributed by atoms with Crippen LogP contribution in [0.4, 0.5) is 0 Å². The molecule has 1 heterocycles. The molecule has 3 rings (SSSR count). The third-order valence-electron chi connectivity index (χ3n) is 5.03. The minimum absolute atomic E-state index is 0.393. The highest BCUT2D eigenvalue weighted by molar-refractivity contribution is 5.93. The first-order valence-corrected chi connectivity index (χ1v) is 9.45. The summed E-state index contributed by atoms with van der Waals surface area (Å²) in [6.07, 6.45) is 1.70. The zero-order chi connectivity index (χ0) is 20.8. The molecular formula is C21H23N5O3. The number of carboxylic acids is 1. The topological polar surface area (TPSA) is 135 Å². The number of carbonyl (C=O) groups is 2. The molecule has 29 heavy (non-hydrogen) atoms. The Labute approximate surface area is 168 Å². The fourth-order valence-corrected chi connectivity index (χ4v) is 3.58. The van der Waals surface area contributed by atoms with Crippen molar-refractivity contribution in [3.05, 3.63) is 65.5 Å². The summed E-state index contributed by atoms with van der Waals surface area (Å²) < 4.78 is 0. The van der Waals surface area contributed by atoms with Gasteiger partial charge in [-0.2, -0.15) is 5.21 Å². The monoisotopic (exact) mass is 393 g/mol. The molecule has 2 aromatic carbocycles. The van der Waals surface area contributed by atoms with E-state index in [4.69, 9.17) is 5.73 Å². The van der Waals surface area contributed by atoms with Crippen LogP contribution < -0.4 is 5.73 Å². The fraction of sp³-hybridized carbons (Fsp3) is 0.286. The van der Waals surface area contributed by atoms with Gasteiger partial charge in [0.1, 0.15) is 0 Å². The summed E-state index contributed by atoms with van der Waals surface area (Å²) in [6, 6.07) is 14.8. The minimum atomic E-state index is -0.870. The Morgan fingerprint density at radius 1 is 1.14 bits per heavy atom. The van der Waals surface area contributed by atoms with E-state index in [9.17, 15) is 14.7 Å². The second-order valence-corrected chi connectivity index (χ2v) is 6.91. The second-order valence-electron chi connectivity index (χ2n) is 6.91. The van der Waals surface area contributed by atoms with E-state index in [0.717, 1.165) is 23.1 Å². The maximum Gasteiger partial charge on any atom is 0.307 e. The number of H-pyrrole nitrogens is 1. The SMILES string of the molecule is CCCC(C(=O)O)C(Cc1ccccc1-c1ccc(C(N)=O)cc1)c1nn[nH]n1. The van der Waals surface area contributed by atoms with Crippen LogP contribution >= 0.6 is 0 Å². The van der Waals surface area contributed by atoms with Crippen molar-refractivity contribution in [1.82, 2.24) is 20.6 Å². The summed E-state index contributed by atoms with van der Waals surface area (Å²) in [4.78, 5) is 23.3. The molecule has 1 amide bonds. The van der Waals surface area contributed by atoms with Gasteiger partial charge in [-0.3, -0.25) is 9.59 Å². The first-order valence-electron chi connectivity index (χ1n) is 9.45. The van der Waals surface area contributed by atoms with Crippen molar-refractivity contribution in [2.75, 3.05) is 0 Å². The van der Waals surface area contributed by atoms with E-state index < -0.39 is 23.7 Å². The van der Waals surface area contributed by atoms with E-state index in [-0.39, 0.29) is 0 Å². The lowest BCUT2D eigenvalue weighted by atomic mass is 9.81. The zero-order valence-corrected chi connectivity index (χ0v) is 16.1. The summed E-state index contributed by atoms with van der Waals surface area (Å²) in [5.74, 6) is -2.00. The number of hydrogen-bond donors (Lipinski definition) is 3. The van der Waals surface area contributed by atoms with Gasteiger partial charge >= 0.3 is 5.97 Å². The van der Waals surface area contributed by atoms with Gasteiger partial charge in [-0.1, -0.05) is 55.0 Å². The minimum Gasteiger partial charge on any atom is -0.481 e. The number of aliphatic carboxylic acids is 1. The quantitative estimate of drug-likeness (QED) is 0.511. The Balaban J connectivity index is 1.98. The molecule has 0 fully saturated rings. The number of aromatic nitrogens is 4. The largest absolute Gasteiger partial charge is 0.481 e. The Hall–Kier alpha value is -3.55. The van der Waals surface area contributed by atoms with Crippen LogP contribution in [0.2, 0.25) is 0 Å². The number of tetrazole rings is 1. The van der Waals surface area contributed by atoms with Gasteiger partial charge < -0.3 is 10.8 Å². The van der Waals surface area contributed by atoms with Crippen molar-refractivity contribution < 1.29 is 14.7 Å². The van der Waals surface area contributed by atoms with Crippen LogP contribution in [0.15, 0.2) is 48.5 Å². The van der Waals surface area contributed by atoms with Crippen molar-refractivity contribution in [3.63, 3.8) is 0 Å². The van der Waals surface area contributed by atoms with Gasteiger partial charge in [0.15, 0.2) is 5.82 Å². The van der Waals surface area contributed by atoms with Crippen LogP contribution in [0, 0.1) is 5.92 Å². The number of carbonyl (C=O) groups excluding carboxylic acids is 1. The lowest BCUT2D eigenvalue weighted by molar-refractivity contribution is -0.143. The van der Waals surface area contributed by atoms with Gasteiger partial charge in [0.05, 0.1) is 5.92 Å². The van der Waals surface area contributed by atoms with Crippen LogP contribution in [0.3, 0.4) is 0 Å². The highest BCUT2D eigenvalue weighted by Crippen LogP contribution is 2.33. The van der Waals surface area contributed by atoms with E-state index in [1.807, 2.05) is 43.3 Å². The Morgan fingerprint density at radius 3 is 2.45 bits per heavy atom. The molecular weight excluding hydrogens is 370 g/mol. The van der Waals surface area contributed by atoms with Gasteiger partial charge in [-0.05, 0) is 41.7 Å². The average Bonchev–Trinajstić information content (AvgIpc) is 3.25. The standard InChI is InChI=1S/C21H23N5O3/c1-2-5-17(21(28)29)18(20-23-25-26-24-20)12-15-6-3-4-7-16(15)13-8-10-14(11-9-13)19(22)27/h3-4,6-11,17-18H,2,5,12H2,1H3,(H2,22,27)(H,28,29)(H,23,24,25,26). The molecule has 0 saturated carbocycles. The molecule has 2 atom stereocenters. The number of nitrogens with two attached hydrogens (primary N) is 1. The third-order valence-corrected chi connectivity index (χ3v) is 5.03. The van der Waals surface area contributed by atoms with Gasteiger partial charge in [0, 0.05) is 11.5 Å². The van der Waals surface area contributed by atoms with Crippen molar-refractivity contribution in [2.24, 2.45) is 11.7 Å². The van der Waals surface area contributed by atoms with E-state index in [1.54, 1.807) is 12.1 Å². The third kappa shape index (κ3) is 4.66. The molecule has 150 valence electrons. The highest BCUT2D eigenvalue weighted by atomic mass is 16.4. The van der Waals surface area contributed by atoms with Crippen molar-refractivity contribution in [2.45, 2.75) is 32.1 Å². The molecule has 8 nitrogen and oxygen atoms in total. The number of rotatable bonds is 9. The summed E-state index contributed by atoms with van der Waals surface area (Å²) in [6.45, 7) is 1.96. The number of benzene rings is 2. The molecule has 4 N–H and O–H groups in total. The summed E-state index contributed by atoms with van der Waals surface area (Å²) in [7, 11) is 0. The number of hydrogen-bond acceptors (Lipinski definition) is 5. The maximum atomic E-state index is 11.9. The van der Waals surface area contributed by atoms with Gasteiger partial charge in [-0.25, -0.2) is 0 Å². The Kier molecular flexibility index (Phi) is 6.33. The fourth-order valence-electron chi connectivity index (χ4n) is 3.58. The van der Waals surface area contributed by atoms with Gasteiger partial charge in [0.2, 0.25) is 5.91 Å². The normalized spacial score (nSPS) is 13.0. The number of nitrogens with one attached hydrogen (secondary N) is 1. The summed E-state index contributed by atoms with van der Waals surface area (Å²) in [5.41, 5.74) is 8.60. The average molecular weight is 393 g/mol. The molecule has 1 aromatic heterocycles. The Morgan fingerprint density at radius 2 is 1.86 bits per heavy atom. The molecule has 8 heteroatoms. The summed E-state index contributed by atoms with van der Waals surface area (Å²) >= 11 is 0. The predicted molar refractivity (Wildman–Crippen MR) is 107 cm³/mol. The molecule has 3 aromatic rings. The zero-order valence-electron chi connectivity index (χ0n) is 16.1. The Bertz CT molecular complexity index is 970. The van der Waals surface area contributed by atoms with Crippen LogP contribution in [0.25, 0.3) is 11.1 Å². The highest BCUT2D eigenvalue weighted by Gasteiger charge is 2.32. The smallest absolute Gasteiger partial charge is 0.307 e. The van der Waals surface area contributed by atoms with Gasteiger partial charge in [-0.15, -0.1) is 10.2 Å². The van der Waals surface area contributed by atoms with E-state index in [2.05, 4.69) is 20.6 Å². The lowest BCUT2D eigenvalue weighted by Crippen LogP contribution is -2.25. The molecule has 0 spiro atoms. The molecule has 0 aliphatic heterocycles. The van der Waals surface area contributed by atoms with Crippen molar-refractivity contribution in [1.29, 1.82) is 0 Å². The maximum absolute atomic E-state index is 11.9. The molecule has 0 aliphatic rings. The van der Waals surface area contributed by atoms with Crippen molar-refractivity contribution >= 4 is 11.9 Å². The lowest BCUT2D eigenvalue weighted by Gasteiger charge is -2.22. The van der Waals surface area contributed by atoms with Crippen LogP contribution in [0.5, 0.6) is 0 Å². The summed E-state index contributed by atoms with van der Waals surface area (Å²) in [5, 5.41) is 24.0. The predicted octanol–water partition coefficient (Wildman–Crippen LogP) is 2.79.